The maximum atomic E-state index is 5.43. The lowest BCUT2D eigenvalue weighted by Gasteiger charge is -2.05. The van der Waals surface area contributed by atoms with E-state index in [1.54, 1.807) is 0 Å². The van der Waals surface area contributed by atoms with Crippen LogP contribution >= 0.6 is 0 Å². The van der Waals surface area contributed by atoms with E-state index in [0.717, 1.165) is 29.7 Å². The Morgan fingerprint density at radius 3 is 2.74 bits per heavy atom. The first kappa shape index (κ1) is 12.2. The number of hydrogen-bond acceptors (Lipinski definition) is 3. The topological polar surface area (TPSA) is 39.1 Å². The molecule has 0 aliphatic heterocycles. The molecule has 4 nitrogen and oxygen atoms in total. The molecule has 0 unspecified atom stereocenters. The number of benzene rings is 1. The second-order valence-electron chi connectivity index (χ2n) is 4.83. The van der Waals surface area contributed by atoms with E-state index in [2.05, 4.69) is 16.5 Å². The van der Waals surface area contributed by atoms with Crippen LogP contribution in [-0.4, -0.2) is 22.4 Å². The summed E-state index contributed by atoms with van der Waals surface area (Å²) in [4.78, 5) is 0. The van der Waals surface area contributed by atoms with Gasteiger partial charge >= 0.3 is 0 Å². The van der Waals surface area contributed by atoms with Crippen molar-refractivity contribution in [2.75, 3.05) is 6.61 Å². The lowest BCUT2D eigenvalue weighted by atomic mass is 10.3. The zero-order valence-electron chi connectivity index (χ0n) is 11.2. The average molecular weight is 257 g/mol. The van der Waals surface area contributed by atoms with Crippen molar-refractivity contribution in [3.05, 3.63) is 42.2 Å². The summed E-state index contributed by atoms with van der Waals surface area (Å²) < 4.78 is 7.34. The van der Waals surface area contributed by atoms with Crippen LogP contribution in [0.4, 0.5) is 0 Å². The van der Waals surface area contributed by atoms with Gasteiger partial charge in [0.05, 0.1) is 18.0 Å². The summed E-state index contributed by atoms with van der Waals surface area (Å²) >= 11 is 0. The van der Waals surface area contributed by atoms with E-state index in [-0.39, 0.29) is 0 Å². The summed E-state index contributed by atoms with van der Waals surface area (Å²) in [6.07, 6.45) is 4.61. The smallest absolute Gasteiger partial charge is 0.119 e. The first-order valence-corrected chi connectivity index (χ1v) is 6.86. The number of hydrogen-bond donors (Lipinski definition) is 1. The van der Waals surface area contributed by atoms with E-state index in [1.165, 1.54) is 12.8 Å². The summed E-state index contributed by atoms with van der Waals surface area (Å²) in [5, 5.41) is 8.04. The normalized spacial score (nSPS) is 14.6. The van der Waals surface area contributed by atoms with E-state index in [9.17, 15) is 0 Å². The molecule has 1 aliphatic rings. The number of nitrogens with zero attached hydrogens (tertiary/aromatic N) is 2. The molecule has 0 saturated heterocycles. The second-order valence-corrected chi connectivity index (χ2v) is 4.83. The van der Waals surface area contributed by atoms with Crippen LogP contribution in [0, 0.1) is 0 Å². The van der Waals surface area contributed by atoms with Crippen LogP contribution in [0.15, 0.2) is 36.5 Å². The Balaban J connectivity index is 1.66. The maximum absolute atomic E-state index is 5.43. The van der Waals surface area contributed by atoms with Crippen molar-refractivity contribution in [1.82, 2.24) is 15.1 Å². The fourth-order valence-corrected chi connectivity index (χ4v) is 2.00. The minimum absolute atomic E-state index is 0.693. The molecule has 4 heteroatoms. The highest BCUT2D eigenvalue weighted by molar-refractivity contribution is 5.36. The fourth-order valence-electron chi connectivity index (χ4n) is 2.00. The Morgan fingerprint density at radius 2 is 2.05 bits per heavy atom. The van der Waals surface area contributed by atoms with Crippen molar-refractivity contribution in [3.8, 4) is 11.4 Å². The van der Waals surface area contributed by atoms with E-state index in [0.29, 0.717) is 6.61 Å². The third kappa shape index (κ3) is 3.15. The van der Waals surface area contributed by atoms with Gasteiger partial charge in [-0.2, -0.15) is 5.10 Å². The molecule has 0 spiro atoms. The highest BCUT2D eigenvalue weighted by Gasteiger charge is 2.20. The van der Waals surface area contributed by atoms with E-state index in [4.69, 9.17) is 4.74 Å². The maximum Gasteiger partial charge on any atom is 0.119 e. The van der Waals surface area contributed by atoms with Crippen LogP contribution in [-0.2, 0) is 6.54 Å². The van der Waals surface area contributed by atoms with Gasteiger partial charge in [0.15, 0.2) is 0 Å². The fraction of sp³-hybridized carbons (Fsp3) is 0.400. The molecule has 1 aromatic carbocycles. The molecular formula is C15H19N3O. The molecular weight excluding hydrogens is 238 g/mol. The van der Waals surface area contributed by atoms with Gasteiger partial charge in [-0.3, -0.25) is 0 Å². The number of ether oxygens (including phenoxy) is 1. The van der Waals surface area contributed by atoms with Crippen LogP contribution < -0.4 is 10.1 Å². The molecule has 0 radical (unpaired) electrons. The third-order valence-corrected chi connectivity index (χ3v) is 3.21. The molecule has 1 fully saturated rings. The van der Waals surface area contributed by atoms with Crippen LogP contribution in [0.2, 0.25) is 0 Å². The van der Waals surface area contributed by atoms with E-state index >= 15 is 0 Å². The summed E-state index contributed by atoms with van der Waals surface area (Å²) in [6, 6.07) is 10.8. The van der Waals surface area contributed by atoms with Gasteiger partial charge in [0.2, 0.25) is 0 Å². The molecule has 0 atom stereocenters. The van der Waals surface area contributed by atoms with Gasteiger partial charge in [0.1, 0.15) is 5.75 Å². The van der Waals surface area contributed by atoms with Gasteiger partial charge in [-0.05, 0) is 50.1 Å². The molecule has 2 aromatic rings. The third-order valence-electron chi connectivity index (χ3n) is 3.21. The molecule has 19 heavy (non-hydrogen) atoms. The molecule has 1 aliphatic carbocycles. The predicted octanol–water partition coefficient (Wildman–Crippen LogP) is 2.52. The van der Waals surface area contributed by atoms with Crippen molar-refractivity contribution >= 4 is 0 Å². The molecule has 1 saturated carbocycles. The number of rotatable bonds is 6. The average Bonchev–Trinajstić information content (AvgIpc) is 3.15. The highest BCUT2D eigenvalue weighted by Crippen LogP contribution is 2.19. The lowest BCUT2D eigenvalue weighted by molar-refractivity contribution is 0.340. The van der Waals surface area contributed by atoms with Crippen molar-refractivity contribution in [2.24, 2.45) is 0 Å². The zero-order valence-corrected chi connectivity index (χ0v) is 11.2. The SMILES string of the molecule is CCOc1ccc(-n2ccc(CNC3CC3)n2)cc1. The Labute approximate surface area is 113 Å². The molecule has 1 heterocycles. The molecule has 0 bridgehead atoms. The number of nitrogens with one attached hydrogen (secondary N) is 1. The zero-order chi connectivity index (χ0) is 13.1. The van der Waals surface area contributed by atoms with E-state index in [1.807, 2.05) is 42.1 Å². The Kier molecular flexibility index (Phi) is 3.51. The van der Waals surface area contributed by atoms with Crippen LogP contribution in [0.25, 0.3) is 5.69 Å². The molecule has 100 valence electrons. The van der Waals surface area contributed by atoms with Gasteiger partial charge in [-0.1, -0.05) is 0 Å². The van der Waals surface area contributed by atoms with Crippen LogP contribution in [0.5, 0.6) is 5.75 Å². The van der Waals surface area contributed by atoms with E-state index < -0.39 is 0 Å². The summed E-state index contributed by atoms with van der Waals surface area (Å²) in [7, 11) is 0. The first-order chi connectivity index (χ1) is 9.35. The summed E-state index contributed by atoms with van der Waals surface area (Å²) in [6.45, 7) is 3.54. The Hall–Kier alpha value is -1.81. The molecule has 0 amide bonds. The van der Waals surface area contributed by atoms with Gasteiger partial charge in [0.25, 0.3) is 0 Å². The van der Waals surface area contributed by atoms with Crippen molar-refractivity contribution < 1.29 is 4.74 Å². The monoisotopic (exact) mass is 257 g/mol. The van der Waals surface area contributed by atoms with Gasteiger partial charge < -0.3 is 10.1 Å². The predicted molar refractivity (Wildman–Crippen MR) is 74.6 cm³/mol. The van der Waals surface area contributed by atoms with Gasteiger partial charge in [0, 0.05) is 18.8 Å². The second kappa shape index (κ2) is 5.45. The minimum atomic E-state index is 0.693. The minimum Gasteiger partial charge on any atom is -0.494 e. The molecule has 1 N–H and O–H groups in total. The largest absolute Gasteiger partial charge is 0.494 e. The van der Waals surface area contributed by atoms with Crippen LogP contribution in [0.1, 0.15) is 25.5 Å². The van der Waals surface area contributed by atoms with Gasteiger partial charge in [-0.25, -0.2) is 4.68 Å². The lowest BCUT2D eigenvalue weighted by Crippen LogP contribution is -2.15. The Bertz CT molecular complexity index is 529. The molecule has 1 aromatic heterocycles. The first-order valence-electron chi connectivity index (χ1n) is 6.86. The van der Waals surface area contributed by atoms with Crippen molar-refractivity contribution in [2.45, 2.75) is 32.4 Å². The Morgan fingerprint density at radius 1 is 1.26 bits per heavy atom. The molecule has 3 rings (SSSR count). The summed E-state index contributed by atoms with van der Waals surface area (Å²) in [5.41, 5.74) is 2.14. The summed E-state index contributed by atoms with van der Waals surface area (Å²) in [5.74, 6) is 0.897. The standard InChI is InChI=1S/C15H19N3O/c1-2-19-15-7-5-14(6-8-15)18-10-9-13(17-18)11-16-12-3-4-12/h5-10,12,16H,2-4,11H2,1H3. The number of aromatic nitrogens is 2. The quantitative estimate of drug-likeness (QED) is 0.864. The van der Waals surface area contributed by atoms with Crippen molar-refractivity contribution in [1.29, 1.82) is 0 Å². The van der Waals surface area contributed by atoms with Crippen molar-refractivity contribution in [3.63, 3.8) is 0 Å². The van der Waals surface area contributed by atoms with Crippen LogP contribution in [0.3, 0.4) is 0 Å². The van der Waals surface area contributed by atoms with Gasteiger partial charge in [-0.15, -0.1) is 0 Å². The highest BCUT2D eigenvalue weighted by atomic mass is 16.5.